The summed E-state index contributed by atoms with van der Waals surface area (Å²) < 4.78 is 31.9. The van der Waals surface area contributed by atoms with Gasteiger partial charge in [0, 0.05) is 26.1 Å². The molecule has 9 heteroatoms. The van der Waals surface area contributed by atoms with Crippen LogP contribution < -0.4 is 0 Å². The molecule has 0 saturated carbocycles. The summed E-state index contributed by atoms with van der Waals surface area (Å²) >= 11 is 0. The minimum absolute atomic E-state index is 0.129. The molecular formula is C19H24N2O6S. The minimum Gasteiger partial charge on any atom is -0.452 e. The normalized spacial score (nSPS) is 18.7. The Labute approximate surface area is 164 Å². The van der Waals surface area contributed by atoms with Gasteiger partial charge in [0.15, 0.2) is 6.61 Å². The Morgan fingerprint density at radius 2 is 1.57 bits per heavy atom. The van der Waals surface area contributed by atoms with E-state index < -0.39 is 28.5 Å². The minimum atomic E-state index is -3.59. The molecule has 2 saturated heterocycles. The average molecular weight is 408 g/mol. The third-order valence-corrected chi connectivity index (χ3v) is 6.91. The number of hydrogen-bond acceptors (Lipinski definition) is 6. The van der Waals surface area contributed by atoms with Crippen LogP contribution in [0.15, 0.2) is 29.2 Å². The highest BCUT2D eigenvalue weighted by Crippen LogP contribution is 2.21. The van der Waals surface area contributed by atoms with E-state index in [4.69, 9.17) is 4.74 Å². The van der Waals surface area contributed by atoms with Crippen molar-refractivity contribution in [1.29, 1.82) is 0 Å². The molecule has 28 heavy (non-hydrogen) atoms. The molecule has 8 nitrogen and oxygen atoms in total. The van der Waals surface area contributed by atoms with E-state index in [2.05, 4.69) is 0 Å². The van der Waals surface area contributed by atoms with Crippen molar-refractivity contribution in [2.75, 3.05) is 26.2 Å². The van der Waals surface area contributed by atoms with E-state index >= 15 is 0 Å². The van der Waals surface area contributed by atoms with Crippen LogP contribution in [-0.4, -0.2) is 61.6 Å². The van der Waals surface area contributed by atoms with E-state index in [1.807, 2.05) is 0 Å². The maximum atomic E-state index is 12.7. The fourth-order valence-corrected chi connectivity index (χ4v) is 4.91. The fourth-order valence-electron chi connectivity index (χ4n) is 3.39. The van der Waals surface area contributed by atoms with Crippen molar-refractivity contribution in [2.24, 2.45) is 0 Å². The maximum absolute atomic E-state index is 12.7. The van der Waals surface area contributed by atoms with E-state index in [1.54, 1.807) is 0 Å². The summed E-state index contributed by atoms with van der Waals surface area (Å²) in [7, 11) is -3.59. The van der Waals surface area contributed by atoms with Gasteiger partial charge in [-0.3, -0.25) is 14.5 Å². The molecule has 1 aromatic rings. The molecule has 152 valence electrons. The fraction of sp³-hybridized carbons (Fsp3) is 0.526. The highest BCUT2D eigenvalue weighted by molar-refractivity contribution is 7.89. The summed E-state index contributed by atoms with van der Waals surface area (Å²) in [5, 5.41) is 0. The number of ether oxygens (including phenoxy) is 1. The quantitative estimate of drug-likeness (QED) is 0.686. The van der Waals surface area contributed by atoms with Gasteiger partial charge < -0.3 is 4.74 Å². The monoisotopic (exact) mass is 408 g/mol. The van der Waals surface area contributed by atoms with Crippen LogP contribution >= 0.6 is 0 Å². The molecule has 0 aromatic heterocycles. The summed E-state index contributed by atoms with van der Waals surface area (Å²) in [6, 6.07) is 5.50. The van der Waals surface area contributed by atoms with E-state index in [9.17, 15) is 22.8 Å². The molecule has 3 rings (SSSR count). The number of nitrogens with zero attached hydrogens (tertiary/aromatic N) is 2. The van der Waals surface area contributed by atoms with Gasteiger partial charge in [-0.25, -0.2) is 13.2 Å². The van der Waals surface area contributed by atoms with Crippen LogP contribution in [-0.2, 0) is 24.3 Å². The predicted molar refractivity (Wildman–Crippen MR) is 99.9 cm³/mol. The lowest BCUT2D eigenvalue weighted by molar-refractivity contribution is -0.143. The summed E-state index contributed by atoms with van der Waals surface area (Å²) in [5.41, 5.74) is 0.148. The number of carbonyl (C=O) groups excluding carboxylic acids is 3. The van der Waals surface area contributed by atoms with Gasteiger partial charge in [0.25, 0.3) is 5.91 Å². The highest BCUT2D eigenvalue weighted by Gasteiger charge is 2.28. The third-order valence-electron chi connectivity index (χ3n) is 4.99. The first-order chi connectivity index (χ1) is 13.4. The standard InChI is InChI=1S/C19H24N2O6S/c22-17-6-5-13-21(17)18(23)14-27-19(24)15-7-9-16(10-8-15)28(25,26)20-11-3-1-2-4-12-20/h7-10H,1-6,11-14H2. The molecule has 1 aromatic carbocycles. The number of sulfonamides is 1. The molecule has 0 spiro atoms. The zero-order valence-electron chi connectivity index (χ0n) is 15.6. The molecule has 2 aliphatic rings. The zero-order valence-corrected chi connectivity index (χ0v) is 16.4. The van der Waals surface area contributed by atoms with Gasteiger partial charge in [-0.15, -0.1) is 0 Å². The Balaban J connectivity index is 1.60. The lowest BCUT2D eigenvalue weighted by Gasteiger charge is -2.20. The first-order valence-corrected chi connectivity index (χ1v) is 10.9. The van der Waals surface area contributed by atoms with E-state index in [1.165, 1.54) is 28.6 Å². The van der Waals surface area contributed by atoms with Gasteiger partial charge in [-0.1, -0.05) is 12.8 Å². The smallest absolute Gasteiger partial charge is 0.338 e. The van der Waals surface area contributed by atoms with Crippen LogP contribution in [0.4, 0.5) is 0 Å². The Kier molecular flexibility index (Phi) is 6.46. The molecule has 0 aliphatic carbocycles. The molecule has 0 atom stereocenters. The Hall–Kier alpha value is -2.26. The number of amides is 2. The molecular weight excluding hydrogens is 384 g/mol. The maximum Gasteiger partial charge on any atom is 0.338 e. The number of hydrogen-bond donors (Lipinski definition) is 0. The second-order valence-corrected chi connectivity index (χ2v) is 8.90. The van der Waals surface area contributed by atoms with Crippen molar-refractivity contribution in [3.8, 4) is 0 Å². The number of imide groups is 1. The summed E-state index contributed by atoms with van der Waals surface area (Å²) in [5.74, 6) is -1.54. The Morgan fingerprint density at radius 1 is 0.929 bits per heavy atom. The van der Waals surface area contributed by atoms with Crippen LogP contribution in [0.5, 0.6) is 0 Å². The van der Waals surface area contributed by atoms with Crippen molar-refractivity contribution in [1.82, 2.24) is 9.21 Å². The number of likely N-dealkylation sites (tertiary alicyclic amines) is 1. The van der Waals surface area contributed by atoms with Crippen LogP contribution in [0.3, 0.4) is 0 Å². The SMILES string of the molecule is O=C(OCC(=O)N1CCCC1=O)c1ccc(S(=O)(=O)N2CCCCCC2)cc1. The van der Waals surface area contributed by atoms with Crippen LogP contribution in [0.2, 0.25) is 0 Å². The van der Waals surface area contributed by atoms with E-state index in [0.717, 1.165) is 30.6 Å². The molecule has 0 bridgehead atoms. The zero-order chi connectivity index (χ0) is 20.1. The second-order valence-electron chi connectivity index (χ2n) is 6.96. The first-order valence-electron chi connectivity index (χ1n) is 9.50. The van der Waals surface area contributed by atoms with Crippen molar-refractivity contribution in [2.45, 2.75) is 43.4 Å². The molecule has 2 amide bonds. The molecule has 2 heterocycles. The second kappa shape index (κ2) is 8.83. The largest absolute Gasteiger partial charge is 0.452 e. The predicted octanol–water partition coefficient (Wildman–Crippen LogP) is 1.56. The van der Waals surface area contributed by atoms with Crippen LogP contribution in [0.1, 0.15) is 48.9 Å². The topological polar surface area (TPSA) is 101 Å². The highest BCUT2D eigenvalue weighted by atomic mass is 32.2. The lowest BCUT2D eigenvalue weighted by Crippen LogP contribution is -2.35. The molecule has 2 fully saturated rings. The van der Waals surface area contributed by atoms with Gasteiger partial charge in [-0.2, -0.15) is 4.31 Å². The molecule has 2 aliphatic heterocycles. The number of esters is 1. The van der Waals surface area contributed by atoms with Crippen molar-refractivity contribution in [3.05, 3.63) is 29.8 Å². The van der Waals surface area contributed by atoms with Crippen LogP contribution in [0, 0.1) is 0 Å². The van der Waals surface area contributed by atoms with Gasteiger partial charge in [-0.05, 0) is 43.5 Å². The van der Waals surface area contributed by atoms with Crippen molar-refractivity contribution >= 4 is 27.8 Å². The number of carbonyl (C=O) groups is 3. The third kappa shape index (κ3) is 4.59. The van der Waals surface area contributed by atoms with Gasteiger partial charge in [0.1, 0.15) is 0 Å². The number of rotatable bonds is 5. The first kappa shape index (κ1) is 20.5. The molecule has 0 radical (unpaired) electrons. The summed E-state index contributed by atoms with van der Waals surface area (Å²) in [4.78, 5) is 36.8. The lowest BCUT2D eigenvalue weighted by atomic mass is 10.2. The summed E-state index contributed by atoms with van der Waals surface area (Å²) in [6.45, 7) is 0.837. The Morgan fingerprint density at radius 3 is 2.14 bits per heavy atom. The summed E-state index contributed by atoms with van der Waals surface area (Å²) in [6.07, 6.45) is 4.68. The molecule has 0 N–H and O–H groups in total. The van der Waals surface area contributed by atoms with E-state index in [-0.39, 0.29) is 16.4 Å². The van der Waals surface area contributed by atoms with Gasteiger partial charge >= 0.3 is 5.97 Å². The number of benzene rings is 1. The average Bonchev–Trinajstić information content (AvgIpc) is 2.94. The van der Waals surface area contributed by atoms with Crippen molar-refractivity contribution in [3.63, 3.8) is 0 Å². The van der Waals surface area contributed by atoms with Crippen LogP contribution in [0.25, 0.3) is 0 Å². The Bertz CT molecular complexity index is 842. The van der Waals surface area contributed by atoms with E-state index in [0.29, 0.717) is 32.5 Å². The van der Waals surface area contributed by atoms with Gasteiger partial charge in [0.2, 0.25) is 15.9 Å². The van der Waals surface area contributed by atoms with Gasteiger partial charge in [0.05, 0.1) is 10.5 Å². The molecule has 0 unspecified atom stereocenters. The van der Waals surface area contributed by atoms with Crippen molar-refractivity contribution < 1.29 is 27.5 Å².